The minimum absolute atomic E-state index is 0.288. The minimum atomic E-state index is -0.744. The van der Waals surface area contributed by atoms with E-state index in [1.165, 1.54) is 44.1 Å². The second-order valence-corrected chi connectivity index (χ2v) is 11.7. The van der Waals surface area contributed by atoms with Gasteiger partial charge in [-0.1, -0.05) is 43.1 Å². The van der Waals surface area contributed by atoms with Gasteiger partial charge in [0.2, 0.25) is 0 Å². The Balaban J connectivity index is 1.36. The van der Waals surface area contributed by atoms with E-state index in [1.807, 2.05) is 12.2 Å². The number of aliphatic hydroxyl groups is 1. The molecule has 0 heterocycles. The van der Waals surface area contributed by atoms with E-state index in [4.69, 9.17) is 4.84 Å². The molecule has 0 spiro atoms. The molecule has 0 saturated heterocycles. The highest BCUT2D eigenvalue weighted by molar-refractivity contribution is 5.70. The number of fused-ring (bicyclic) bond motifs is 5. The monoisotopic (exact) mass is 428 g/mol. The minimum Gasteiger partial charge on any atom is -0.396 e. The highest BCUT2D eigenvalue weighted by Gasteiger charge is 2.56. The highest BCUT2D eigenvalue weighted by Crippen LogP contribution is 2.65. The van der Waals surface area contributed by atoms with Crippen molar-refractivity contribution < 1.29 is 9.94 Å². The van der Waals surface area contributed by atoms with Gasteiger partial charge in [-0.3, -0.25) is 0 Å². The summed E-state index contributed by atoms with van der Waals surface area (Å²) in [6, 6.07) is 0. The third kappa shape index (κ3) is 4.66. The van der Waals surface area contributed by atoms with Crippen molar-refractivity contribution in [3.63, 3.8) is 0 Å². The van der Waals surface area contributed by atoms with Crippen molar-refractivity contribution in [2.24, 2.45) is 33.7 Å². The van der Waals surface area contributed by atoms with Crippen molar-refractivity contribution in [2.45, 2.75) is 83.7 Å². The molecule has 0 aliphatic heterocycles. The first-order chi connectivity index (χ1) is 14.8. The second kappa shape index (κ2) is 9.02. The number of hydrogen-bond donors (Lipinski definition) is 1. The Kier molecular flexibility index (Phi) is 6.70. The average molecular weight is 429 g/mol. The van der Waals surface area contributed by atoms with Crippen LogP contribution in [0.4, 0.5) is 0 Å². The zero-order valence-electron chi connectivity index (χ0n) is 20.3. The van der Waals surface area contributed by atoms with E-state index in [0.29, 0.717) is 12.0 Å². The van der Waals surface area contributed by atoms with Gasteiger partial charge >= 0.3 is 0 Å². The Hall–Kier alpha value is -1.13. The van der Waals surface area contributed by atoms with Crippen molar-refractivity contribution in [3.05, 3.63) is 23.8 Å². The molecule has 4 rings (SSSR count). The van der Waals surface area contributed by atoms with Gasteiger partial charge in [0, 0.05) is 13.0 Å². The van der Waals surface area contributed by atoms with Crippen LogP contribution in [0, 0.1) is 28.6 Å². The normalized spacial score (nSPS) is 42.5. The molecule has 174 valence electrons. The first-order valence-electron chi connectivity index (χ1n) is 12.7. The summed E-state index contributed by atoms with van der Waals surface area (Å²) in [6.45, 7) is 6.71. The van der Waals surface area contributed by atoms with Gasteiger partial charge < -0.3 is 14.8 Å². The van der Waals surface area contributed by atoms with Gasteiger partial charge in [0.1, 0.15) is 6.61 Å². The molecule has 6 atom stereocenters. The zero-order valence-corrected chi connectivity index (χ0v) is 20.3. The third-order valence-corrected chi connectivity index (χ3v) is 9.45. The van der Waals surface area contributed by atoms with E-state index in [0.717, 1.165) is 50.0 Å². The molecular formula is C27H44N2O2. The summed E-state index contributed by atoms with van der Waals surface area (Å²) in [4.78, 5) is 7.45. The van der Waals surface area contributed by atoms with Gasteiger partial charge in [0.15, 0.2) is 0 Å². The lowest BCUT2D eigenvalue weighted by Gasteiger charge is -2.58. The van der Waals surface area contributed by atoms with Crippen LogP contribution in [0.5, 0.6) is 0 Å². The number of rotatable bonds is 7. The largest absolute Gasteiger partial charge is 0.396 e. The summed E-state index contributed by atoms with van der Waals surface area (Å²) >= 11 is 0. The predicted octanol–water partition coefficient (Wildman–Crippen LogP) is 5.58. The van der Waals surface area contributed by atoms with Crippen LogP contribution in [-0.4, -0.2) is 49.1 Å². The van der Waals surface area contributed by atoms with E-state index in [9.17, 15) is 5.11 Å². The lowest BCUT2D eigenvalue weighted by atomic mass is 9.47. The maximum atomic E-state index is 11.3. The standard InChI is InChI=1S/C27H44N2O2/c1-25-12-5-8-23(25)22-10-9-21-20-27(30,16-15-26(21,2)24(22)11-14-25)13-6-17-28-31-19-7-18-29(3)4/h6,9,13,17,22-24,30H,5,7-8,10-12,14-16,18-20H2,1-4H3/t22-,23-,24-,25-,26-,27-/m0/s1. The Morgan fingerprint density at radius 3 is 2.81 bits per heavy atom. The summed E-state index contributed by atoms with van der Waals surface area (Å²) < 4.78 is 0. The van der Waals surface area contributed by atoms with Gasteiger partial charge in [-0.15, -0.1) is 0 Å². The molecule has 3 fully saturated rings. The molecule has 0 amide bonds. The average Bonchev–Trinajstić information content (AvgIpc) is 3.12. The Bertz CT molecular complexity index is 729. The zero-order chi connectivity index (χ0) is 22.1. The summed E-state index contributed by atoms with van der Waals surface area (Å²) in [5.41, 5.74) is 1.67. The molecule has 0 radical (unpaired) electrons. The van der Waals surface area contributed by atoms with Crippen LogP contribution in [0.3, 0.4) is 0 Å². The van der Waals surface area contributed by atoms with Crippen molar-refractivity contribution in [1.29, 1.82) is 0 Å². The van der Waals surface area contributed by atoms with Gasteiger partial charge in [-0.25, -0.2) is 0 Å². The van der Waals surface area contributed by atoms with Crippen molar-refractivity contribution in [3.8, 4) is 0 Å². The van der Waals surface area contributed by atoms with E-state index in [-0.39, 0.29) is 5.41 Å². The number of hydrogen-bond acceptors (Lipinski definition) is 4. The van der Waals surface area contributed by atoms with Crippen LogP contribution >= 0.6 is 0 Å². The van der Waals surface area contributed by atoms with E-state index in [2.05, 4.69) is 44.1 Å². The van der Waals surface area contributed by atoms with Crippen LogP contribution in [0.1, 0.15) is 78.1 Å². The second-order valence-electron chi connectivity index (χ2n) is 11.7. The van der Waals surface area contributed by atoms with Crippen molar-refractivity contribution in [1.82, 2.24) is 4.90 Å². The van der Waals surface area contributed by atoms with Crippen molar-refractivity contribution >= 4 is 6.21 Å². The van der Waals surface area contributed by atoms with Crippen LogP contribution in [0.15, 0.2) is 29.0 Å². The van der Waals surface area contributed by atoms with E-state index in [1.54, 1.807) is 6.21 Å². The van der Waals surface area contributed by atoms with Gasteiger partial charge in [-0.2, -0.15) is 0 Å². The fourth-order valence-corrected chi connectivity index (χ4v) is 7.60. The molecule has 4 aliphatic carbocycles. The molecule has 1 N–H and O–H groups in total. The topological polar surface area (TPSA) is 45.1 Å². The number of allylic oxidation sites excluding steroid dienone is 2. The molecule has 4 nitrogen and oxygen atoms in total. The smallest absolute Gasteiger partial charge is 0.118 e. The van der Waals surface area contributed by atoms with Crippen molar-refractivity contribution in [2.75, 3.05) is 27.2 Å². The van der Waals surface area contributed by atoms with Crippen LogP contribution in [0.25, 0.3) is 0 Å². The summed E-state index contributed by atoms with van der Waals surface area (Å²) in [5.74, 6) is 2.61. The number of nitrogens with zero attached hydrogens (tertiary/aromatic N) is 2. The first kappa shape index (κ1) is 23.0. The maximum Gasteiger partial charge on any atom is 0.118 e. The highest BCUT2D eigenvalue weighted by atomic mass is 16.6. The molecule has 3 saturated carbocycles. The van der Waals surface area contributed by atoms with E-state index >= 15 is 0 Å². The van der Waals surface area contributed by atoms with Gasteiger partial charge in [-0.05, 0) is 100 Å². The fraction of sp³-hybridized carbons (Fsp3) is 0.815. The molecule has 0 aromatic carbocycles. The van der Waals surface area contributed by atoms with Crippen LogP contribution in [-0.2, 0) is 4.84 Å². The molecular weight excluding hydrogens is 384 g/mol. The summed E-state index contributed by atoms with van der Waals surface area (Å²) in [7, 11) is 4.12. The van der Waals surface area contributed by atoms with Gasteiger partial charge in [0.05, 0.1) is 11.8 Å². The predicted molar refractivity (Wildman–Crippen MR) is 128 cm³/mol. The fourth-order valence-electron chi connectivity index (χ4n) is 7.60. The summed E-state index contributed by atoms with van der Waals surface area (Å²) in [5, 5.41) is 15.3. The van der Waals surface area contributed by atoms with Gasteiger partial charge in [0.25, 0.3) is 0 Å². The third-order valence-electron chi connectivity index (χ3n) is 9.45. The lowest BCUT2D eigenvalue weighted by molar-refractivity contribution is -0.0486. The molecule has 4 heteroatoms. The Morgan fingerprint density at radius 1 is 1.16 bits per heavy atom. The summed E-state index contributed by atoms with van der Waals surface area (Å²) in [6.07, 6.45) is 20.1. The SMILES string of the molecule is CN(C)CCCON=CC=C[C@]1(O)CC[C@@]2(C)C(=CC[C@H]3[C@@H]4CCC[C@@]4(C)CC[C@@H]32)C1. The molecule has 31 heavy (non-hydrogen) atoms. The lowest BCUT2D eigenvalue weighted by Crippen LogP contribution is -2.51. The quantitative estimate of drug-likeness (QED) is 0.249. The van der Waals surface area contributed by atoms with E-state index < -0.39 is 5.60 Å². The molecule has 4 aliphatic rings. The van der Waals surface area contributed by atoms with Crippen LogP contribution in [0.2, 0.25) is 0 Å². The Morgan fingerprint density at radius 2 is 2.00 bits per heavy atom. The molecule has 0 bridgehead atoms. The van der Waals surface area contributed by atoms with Crippen LogP contribution < -0.4 is 0 Å². The Labute approximate surface area is 189 Å². The number of oxime groups is 1. The maximum absolute atomic E-state index is 11.3. The molecule has 0 aromatic heterocycles. The molecule has 0 unspecified atom stereocenters. The first-order valence-corrected chi connectivity index (χ1v) is 12.7. The molecule has 0 aromatic rings.